The maximum absolute atomic E-state index is 11.9. The number of rotatable bonds is 3. The number of aromatic nitrogens is 2. The third kappa shape index (κ3) is 2.68. The van der Waals surface area contributed by atoms with Crippen molar-refractivity contribution in [3.05, 3.63) is 40.0 Å². The summed E-state index contributed by atoms with van der Waals surface area (Å²) < 4.78 is 0. The van der Waals surface area contributed by atoms with E-state index < -0.39 is 0 Å². The lowest BCUT2D eigenvalue weighted by Crippen LogP contribution is -2.12. The Morgan fingerprint density at radius 1 is 1.47 bits per heavy atom. The van der Waals surface area contributed by atoms with Crippen molar-refractivity contribution in [2.24, 2.45) is 0 Å². The van der Waals surface area contributed by atoms with E-state index in [2.05, 4.69) is 15.3 Å². The fourth-order valence-electron chi connectivity index (χ4n) is 1.36. The van der Waals surface area contributed by atoms with Gasteiger partial charge in [0.05, 0.1) is 11.2 Å². The molecule has 2 aromatic heterocycles. The second kappa shape index (κ2) is 5.05. The molecule has 0 fully saturated rings. The average Bonchev–Trinajstić information content (AvgIpc) is 2.81. The SMILES string of the molecule is CCc1ncc(C(=O)Nc2ncccc2C)s1. The molecule has 5 heteroatoms. The van der Waals surface area contributed by atoms with Crippen LogP contribution in [0.4, 0.5) is 5.82 Å². The first-order valence-electron chi connectivity index (χ1n) is 5.38. The molecule has 0 saturated carbocycles. The summed E-state index contributed by atoms with van der Waals surface area (Å²) in [6.45, 7) is 3.93. The van der Waals surface area contributed by atoms with E-state index in [9.17, 15) is 4.79 Å². The van der Waals surface area contributed by atoms with Gasteiger partial charge in [-0.25, -0.2) is 9.97 Å². The number of hydrogen-bond acceptors (Lipinski definition) is 4. The lowest BCUT2D eigenvalue weighted by Gasteiger charge is -2.04. The number of thiazole rings is 1. The minimum absolute atomic E-state index is 0.149. The van der Waals surface area contributed by atoms with E-state index in [0.29, 0.717) is 10.7 Å². The van der Waals surface area contributed by atoms with Crippen molar-refractivity contribution in [1.29, 1.82) is 0 Å². The van der Waals surface area contributed by atoms with E-state index in [1.807, 2.05) is 26.0 Å². The highest BCUT2D eigenvalue weighted by atomic mass is 32.1. The highest BCUT2D eigenvalue weighted by Crippen LogP contribution is 2.16. The number of amides is 1. The highest BCUT2D eigenvalue weighted by Gasteiger charge is 2.11. The van der Waals surface area contributed by atoms with Crippen LogP contribution in [0.1, 0.15) is 27.2 Å². The molecule has 1 amide bonds. The fourth-order valence-corrected chi connectivity index (χ4v) is 2.12. The summed E-state index contributed by atoms with van der Waals surface area (Å²) >= 11 is 1.42. The van der Waals surface area contributed by atoms with Gasteiger partial charge in [-0.15, -0.1) is 11.3 Å². The Morgan fingerprint density at radius 3 is 2.94 bits per heavy atom. The van der Waals surface area contributed by atoms with E-state index in [4.69, 9.17) is 0 Å². The lowest BCUT2D eigenvalue weighted by molar-refractivity contribution is 0.103. The van der Waals surface area contributed by atoms with Crippen LogP contribution in [0.3, 0.4) is 0 Å². The molecular formula is C12H13N3OS. The molecule has 0 saturated heterocycles. The van der Waals surface area contributed by atoms with Crippen LogP contribution in [0.2, 0.25) is 0 Å². The summed E-state index contributed by atoms with van der Waals surface area (Å²) in [6, 6.07) is 3.75. The Morgan fingerprint density at radius 2 is 2.29 bits per heavy atom. The van der Waals surface area contributed by atoms with Gasteiger partial charge in [0.1, 0.15) is 10.7 Å². The van der Waals surface area contributed by atoms with Gasteiger partial charge >= 0.3 is 0 Å². The van der Waals surface area contributed by atoms with Gasteiger partial charge in [0.2, 0.25) is 0 Å². The van der Waals surface area contributed by atoms with E-state index in [-0.39, 0.29) is 5.91 Å². The van der Waals surface area contributed by atoms with Gasteiger partial charge < -0.3 is 5.32 Å². The second-order valence-electron chi connectivity index (χ2n) is 3.59. The minimum atomic E-state index is -0.149. The molecule has 0 radical (unpaired) electrons. The molecule has 0 atom stereocenters. The molecular weight excluding hydrogens is 234 g/mol. The standard InChI is InChI=1S/C12H13N3OS/c1-3-10-14-7-9(17-10)12(16)15-11-8(2)5-4-6-13-11/h4-7H,3H2,1-2H3,(H,13,15,16). The molecule has 2 aromatic rings. The van der Waals surface area contributed by atoms with Crippen LogP contribution < -0.4 is 5.32 Å². The topological polar surface area (TPSA) is 54.9 Å². The van der Waals surface area contributed by atoms with E-state index in [1.54, 1.807) is 12.4 Å². The zero-order valence-corrected chi connectivity index (χ0v) is 10.5. The van der Waals surface area contributed by atoms with Crippen molar-refractivity contribution in [2.75, 3.05) is 5.32 Å². The van der Waals surface area contributed by atoms with Crippen LogP contribution >= 0.6 is 11.3 Å². The van der Waals surface area contributed by atoms with E-state index >= 15 is 0 Å². The van der Waals surface area contributed by atoms with Gasteiger partial charge in [-0.05, 0) is 25.0 Å². The molecule has 88 valence electrons. The van der Waals surface area contributed by atoms with Crippen molar-refractivity contribution < 1.29 is 4.79 Å². The molecule has 0 aliphatic rings. The Balaban J connectivity index is 2.14. The fraction of sp³-hybridized carbons (Fsp3) is 0.250. The summed E-state index contributed by atoms with van der Waals surface area (Å²) in [5.41, 5.74) is 0.945. The first kappa shape index (κ1) is 11.7. The number of pyridine rings is 1. The van der Waals surface area contributed by atoms with Gasteiger partial charge in [0.15, 0.2) is 0 Å². The maximum Gasteiger partial charge on any atom is 0.268 e. The van der Waals surface area contributed by atoms with Crippen LogP contribution in [-0.4, -0.2) is 15.9 Å². The predicted octanol–water partition coefficient (Wildman–Crippen LogP) is 2.66. The first-order valence-corrected chi connectivity index (χ1v) is 6.20. The smallest absolute Gasteiger partial charge is 0.268 e. The Hall–Kier alpha value is -1.75. The molecule has 0 unspecified atom stereocenters. The number of nitrogens with zero attached hydrogens (tertiary/aromatic N) is 2. The number of nitrogens with one attached hydrogen (secondary N) is 1. The molecule has 0 aliphatic heterocycles. The number of carbonyl (C=O) groups excluding carboxylic acids is 1. The normalized spacial score (nSPS) is 10.2. The third-order valence-corrected chi connectivity index (χ3v) is 3.46. The summed E-state index contributed by atoms with van der Waals surface area (Å²) in [4.78, 5) is 20.8. The molecule has 4 nitrogen and oxygen atoms in total. The molecule has 17 heavy (non-hydrogen) atoms. The Labute approximate surface area is 104 Å². The number of hydrogen-bond donors (Lipinski definition) is 1. The Kier molecular flexibility index (Phi) is 3.49. The van der Waals surface area contributed by atoms with Gasteiger partial charge in [-0.3, -0.25) is 4.79 Å². The lowest BCUT2D eigenvalue weighted by atomic mass is 10.3. The molecule has 0 spiro atoms. The van der Waals surface area contributed by atoms with E-state index in [1.165, 1.54) is 11.3 Å². The average molecular weight is 247 g/mol. The van der Waals surface area contributed by atoms with Gasteiger partial charge in [0, 0.05) is 6.20 Å². The summed E-state index contributed by atoms with van der Waals surface area (Å²) in [5, 5.41) is 3.75. The van der Waals surface area contributed by atoms with E-state index in [0.717, 1.165) is 17.0 Å². The first-order chi connectivity index (χ1) is 8.20. The quantitative estimate of drug-likeness (QED) is 0.907. The second-order valence-corrected chi connectivity index (χ2v) is 4.71. The maximum atomic E-state index is 11.9. The van der Waals surface area contributed by atoms with Crippen LogP contribution in [0.5, 0.6) is 0 Å². The zero-order valence-electron chi connectivity index (χ0n) is 9.73. The molecule has 0 bridgehead atoms. The highest BCUT2D eigenvalue weighted by molar-refractivity contribution is 7.13. The van der Waals surface area contributed by atoms with Crippen molar-refractivity contribution in [3.63, 3.8) is 0 Å². The van der Waals surface area contributed by atoms with Gasteiger partial charge in [0.25, 0.3) is 5.91 Å². The number of anilines is 1. The van der Waals surface area contributed by atoms with Crippen LogP contribution in [0.15, 0.2) is 24.5 Å². The number of aryl methyl sites for hydroxylation is 2. The molecule has 1 N–H and O–H groups in total. The van der Waals surface area contributed by atoms with Gasteiger partial charge in [-0.2, -0.15) is 0 Å². The summed E-state index contributed by atoms with van der Waals surface area (Å²) in [5.74, 6) is 0.452. The molecule has 2 heterocycles. The zero-order chi connectivity index (χ0) is 12.3. The van der Waals surface area contributed by atoms with Gasteiger partial charge in [-0.1, -0.05) is 13.0 Å². The monoisotopic (exact) mass is 247 g/mol. The Bertz CT molecular complexity index is 536. The molecule has 0 aromatic carbocycles. The van der Waals surface area contributed by atoms with Crippen LogP contribution in [-0.2, 0) is 6.42 Å². The van der Waals surface area contributed by atoms with Crippen molar-refractivity contribution in [2.45, 2.75) is 20.3 Å². The minimum Gasteiger partial charge on any atom is -0.306 e. The molecule has 2 rings (SSSR count). The summed E-state index contributed by atoms with van der Waals surface area (Å²) in [6.07, 6.45) is 4.12. The predicted molar refractivity (Wildman–Crippen MR) is 68.4 cm³/mol. The van der Waals surface area contributed by atoms with Crippen molar-refractivity contribution in [3.8, 4) is 0 Å². The van der Waals surface area contributed by atoms with Crippen LogP contribution in [0.25, 0.3) is 0 Å². The largest absolute Gasteiger partial charge is 0.306 e. The third-order valence-electron chi connectivity index (χ3n) is 2.32. The van der Waals surface area contributed by atoms with Crippen molar-refractivity contribution in [1.82, 2.24) is 9.97 Å². The molecule has 0 aliphatic carbocycles. The summed E-state index contributed by atoms with van der Waals surface area (Å²) in [7, 11) is 0. The van der Waals surface area contributed by atoms with Crippen LogP contribution in [0, 0.1) is 6.92 Å². The van der Waals surface area contributed by atoms with Crippen molar-refractivity contribution >= 4 is 23.1 Å². The number of carbonyl (C=O) groups is 1.